The third kappa shape index (κ3) is 2.95. The molecule has 0 atom stereocenters. The minimum atomic E-state index is -1.31. The van der Waals surface area contributed by atoms with Gasteiger partial charge in [-0.15, -0.1) is 11.6 Å². The van der Waals surface area contributed by atoms with Crippen molar-refractivity contribution in [1.29, 1.82) is 0 Å². The summed E-state index contributed by atoms with van der Waals surface area (Å²) < 4.78 is 4.93. The van der Waals surface area contributed by atoms with Crippen LogP contribution >= 0.6 is 11.6 Å². The zero-order valence-corrected chi connectivity index (χ0v) is 10.5. The largest absolute Gasteiger partial charge is 0.477 e. The Morgan fingerprint density at radius 3 is 2.84 bits per heavy atom. The quantitative estimate of drug-likeness (QED) is 0.520. The minimum Gasteiger partial charge on any atom is -0.477 e. The third-order valence-electron chi connectivity index (χ3n) is 2.41. The van der Waals surface area contributed by atoms with Crippen LogP contribution in [0.3, 0.4) is 0 Å². The molecular formula is C14H9ClO4. The Labute approximate surface area is 113 Å². The molecule has 2 rings (SSSR count). The van der Waals surface area contributed by atoms with E-state index in [1.807, 2.05) is 0 Å². The van der Waals surface area contributed by atoms with Gasteiger partial charge < -0.3 is 9.52 Å². The van der Waals surface area contributed by atoms with E-state index in [2.05, 4.69) is 11.8 Å². The maximum absolute atomic E-state index is 11.4. The lowest BCUT2D eigenvalue weighted by Crippen LogP contribution is -2.12. The fourth-order valence-electron chi connectivity index (χ4n) is 1.56. The Morgan fingerprint density at radius 1 is 1.37 bits per heavy atom. The first-order valence-electron chi connectivity index (χ1n) is 5.48. The van der Waals surface area contributed by atoms with E-state index in [4.69, 9.17) is 21.1 Å². The zero-order valence-electron chi connectivity index (χ0n) is 9.77. The third-order valence-corrected chi connectivity index (χ3v) is 2.60. The number of hydrogen-bond donors (Lipinski definition) is 1. The number of carboxylic acids is 1. The predicted octanol–water partition coefficient (Wildman–Crippen LogP) is 2.47. The van der Waals surface area contributed by atoms with Gasteiger partial charge in [0.2, 0.25) is 0 Å². The molecule has 1 aromatic heterocycles. The number of benzene rings is 1. The molecule has 0 saturated heterocycles. The monoisotopic (exact) mass is 276 g/mol. The van der Waals surface area contributed by atoms with Crippen molar-refractivity contribution < 1.29 is 14.3 Å². The first-order chi connectivity index (χ1) is 9.11. The van der Waals surface area contributed by atoms with Crippen LogP contribution in [0.25, 0.3) is 11.0 Å². The van der Waals surface area contributed by atoms with E-state index in [0.29, 0.717) is 28.8 Å². The van der Waals surface area contributed by atoms with Crippen LogP contribution in [0.2, 0.25) is 0 Å². The zero-order chi connectivity index (χ0) is 13.8. The molecule has 0 fully saturated rings. The molecule has 0 saturated carbocycles. The van der Waals surface area contributed by atoms with E-state index in [-0.39, 0.29) is 0 Å². The fourth-order valence-corrected chi connectivity index (χ4v) is 1.66. The van der Waals surface area contributed by atoms with E-state index in [0.717, 1.165) is 0 Å². The summed E-state index contributed by atoms with van der Waals surface area (Å²) in [6.07, 6.45) is 0.573. The molecule has 2 aromatic rings. The topological polar surface area (TPSA) is 67.5 Å². The lowest BCUT2D eigenvalue weighted by atomic mass is 10.1. The lowest BCUT2D eigenvalue weighted by molar-refractivity contribution is 0.0692. The van der Waals surface area contributed by atoms with Crippen molar-refractivity contribution in [3.8, 4) is 11.8 Å². The van der Waals surface area contributed by atoms with Crippen LogP contribution in [0.1, 0.15) is 22.3 Å². The van der Waals surface area contributed by atoms with Gasteiger partial charge >= 0.3 is 11.6 Å². The van der Waals surface area contributed by atoms with Gasteiger partial charge in [0, 0.05) is 23.3 Å². The molecule has 96 valence electrons. The first-order valence-corrected chi connectivity index (χ1v) is 6.01. The van der Waals surface area contributed by atoms with Gasteiger partial charge in [0.05, 0.1) is 0 Å². The average Bonchev–Trinajstić information content (AvgIpc) is 2.38. The average molecular weight is 277 g/mol. The highest BCUT2D eigenvalue weighted by atomic mass is 35.5. The highest BCUT2D eigenvalue weighted by Gasteiger charge is 2.11. The molecule has 0 aliphatic rings. The summed E-state index contributed by atoms with van der Waals surface area (Å²) in [5.41, 5.74) is -0.208. The van der Waals surface area contributed by atoms with Gasteiger partial charge in [-0.2, -0.15) is 0 Å². The highest BCUT2D eigenvalue weighted by Crippen LogP contribution is 2.15. The standard InChI is InChI=1S/C14H9ClO4/c15-6-2-1-3-9-4-5-12-10(7-9)8-11(13(16)17)14(18)19-12/h4-5,7-8H,2,6H2,(H,16,17). The van der Waals surface area contributed by atoms with E-state index in [9.17, 15) is 9.59 Å². The Bertz CT molecular complexity index is 749. The second-order valence-electron chi connectivity index (χ2n) is 3.75. The van der Waals surface area contributed by atoms with Crippen molar-refractivity contribution in [2.24, 2.45) is 0 Å². The Balaban J connectivity index is 2.53. The predicted molar refractivity (Wildman–Crippen MR) is 71.7 cm³/mol. The number of aromatic carboxylic acids is 1. The molecule has 4 nitrogen and oxygen atoms in total. The van der Waals surface area contributed by atoms with Gasteiger partial charge in [-0.3, -0.25) is 0 Å². The number of halogens is 1. The van der Waals surface area contributed by atoms with E-state index >= 15 is 0 Å². The molecule has 0 amide bonds. The van der Waals surface area contributed by atoms with Crippen LogP contribution in [0, 0.1) is 11.8 Å². The van der Waals surface area contributed by atoms with Gasteiger partial charge in [0.15, 0.2) is 0 Å². The number of carbonyl (C=O) groups is 1. The molecule has 5 heteroatoms. The van der Waals surface area contributed by atoms with Gasteiger partial charge in [0.1, 0.15) is 11.1 Å². The van der Waals surface area contributed by atoms with Crippen LogP contribution in [0.15, 0.2) is 33.5 Å². The van der Waals surface area contributed by atoms with Gasteiger partial charge in [0.25, 0.3) is 0 Å². The summed E-state index contributed by atoms with van der Waals surface area (Å²) in [7, 11) is 0. The number of carboxylic acid groups (broad SMARTS) is 1. The minimum absolute atomic E-state index is 0.331. The van der Waals surface area contributed by atoms with Crippen LogP contribution in [-0.2, 0) is 0 Å². The van der Waals surface area contributed by atoms with Crippen molar-refractivity contribution in [3.05, 3.63) is 45.8 Å². The Kier molecular flexibility index (Phi) is 3.88. The number of hydrogen-bond acceptors (Lipinski definition) is 3. The summed E-state index contributed by atoms with van der Waals surface area (Å²) in [5, 5.41) is 9.39. The Hall–Kier alpha value is -2.25. The van der Waals surface area contributed by atoms with Crippen molar-refractivity contribution >= 4 is 28.5 Å². The summed E-state index contributed by atoms with van der Waals surface area (Å²) in [6, 6.07) is 6.25. The van der Waals surface area contributed by atoms with E-state index in [1.54, 1.807) is 18.2 Å². The maximum atomic E-state index is 11.4. The number of alkyl halides is 1. The summed E-state index contributed by atoms with van der Waals surface area (Å²) in [4.78, 5) is 22.2. The fraction of sp³-hybridized carbons (Fsp3) is 0.143. The molecule has 0 aliphatic carbocycles. The molecule has 0 bridgehead atoms. The van der Waals surface area contributed by atoms with Gasteiger partial charge in [-0.05, 0) is 24.3 Å². The molecule has 0 spiro atoms. The smallest absolute Gasteiger partial charge is 0.351 e. The summed E-state index contributed by atoms with van der Waals surface area (Å²) in [5.74, 6) is 4.92. The van der Waals surface area contributed by atoms with Crippen molar-refractivity contribution in [2.75, 3.05) is 5.88 Å². The second kappa shape index (κ2) is 5.59. The molecule has 0 aliphatic heterocycles. The molecule has 19 heavy (non-hydrogen) atoms. The SMILES string of the molecule is O=C(O)c1cc2cc(C#CCCCl)ccc2oc1=O. The van der Waals surface area contributed by atoms with Crippen molar-refractivity contribution in [2.45, 2.75) is 6.42 Å². The first kappa shape index (κ1) is 13.2. The van der Waals surface area contributed by atoms with Crippen molar-refractivity contribution in [1.82, 2.24) is 0 Å². The molecule has 1 heterocycles. The number of fused-ring (bicyclic) bond motifs is 1. The lowest BCUT2D eigenvalue weighted by Gasteiger charge is -1.99. The van der Waals surface area contributed by atoms with Crippen LogP contribution in [0.4, 0.5) is 0 Å². The normalized spacial score (nSPS) is 9.95. The molecule has 0 unspecified atom stereocenters. The van der Waals surface area contributed by atoms with Crippen LogP contribution in [-0.4, -0.2) is 17.0 Å². The Morgan fingerprint density at radius 2 is 2.16 bits per heavy atom. The van der Waals surface area contributed by atoms with E-state index < -0.39 is 17.2 Å². The molecule has 1 N–H and O–H groups in total. The summed E-state index contributed by atoms with van der Waals surface area (Å²) >= 11 is 5.52. The van der Waals surface area contributed by atoms with Crippen LogP contribution < -0.4 is 5.63 Å². The van der Waals surface area contributed by atoms with Gasteiger partial charge in [-0.25, -0.2) is 9.59 Å². The maximum Gasteiger partial charge on any atom is 0.351 e. The second-order valence-corrected chi connectivity index (χ2v) is 4.12. The molecular weight excluding hydrogens is 268 g/mol. The van der Waals surface area contributed by atoms with E-state index in [1.165, 1.54) is 6.07 Å². The summed E-state index contributed by atoms with van der Waals surface area (Å²) in [6.45, 7) is 0. The molecule has 0 radical (unpaired) electrons. The highest BCUT2D eigenvalue weighted by molar-refractivity contribution is 6.18. The van der Waals surface area contributed by atoms with Gasteiger partial charge in [-0.1, -0.05) is 11.8 Å². The van der Waals surface area contributed by atoms with Crippen molar-refractivity contribution in [3.63, 3.8) is 0 Å². The molecule has 1 aromatic carbocycles. The number of rotatable bonds is 2. The van der Waals surface area contributed by atoms with Crippen LogP contribution in [0.5, 0.6) is 0 Å².